The van der Waals surface area contributed by atoms with E-state index < -0.39 is 12.2 Å². The molecule has 3 atom stereocenters. The highest BCUT2D eigenvalue weighted by molar-refractivity contribution is 6.30. The lowest BCUT2D eigenvalue weighted by atomic mass is 10.1. The second-order valence-corrected chi connectivity index (χ2v) is 4.36. The summed E-state index contributed by atoms with van der Waals surface area (Å²) in [6, 6.07) is 5.05. The van der Waals surface area contributed by atoms with Gasteiger partial charge >= 0.3 is 0 Å². The maximum absolute atomic E-state index is 9.58. The lowest BCUT2D eigenvalue weighted by Gasteiger charge is -2.20. The fraction of sp³-hybridized carbons (Fsp3) is 0.500. The van der Waals surface area contributed by atoms with Gasteiger partial charge in [0, 0.05) is 10.6 Å². The fourth-order valence-corrected chi connectivity index (χ4v) is 1.43. The standard InChI is InChI=1S/C12H17ClO3/c1-7(14)9(3)16-12-5-4-10(13)6-11(12)8(2)15/h4-9,14-15H,1-3H3/t7?,8-,9?/m1/s1. The highest BCUT2D eigenvalue weighted by Gasteiger charge is 2.15. The molecule has 2 N–H and O–H groups in total. The summed E-state index contributed by atoms with van der Waals surface area (Å²) in [6.07, 6.45) is -1.56. The van der Waals surface area contributed by atoms with Crippen molar-refractivity contribution >= 4 is 11.6 Å². The molecule has 1 rings (SSSR count). The Bertz CT molecular complexity index is 350. The molecule has 4 heteroatoms. The minimum Gasteiger partial charge on any atom is -0.488 e. The van der Waals surface area contributed by atoms with Crippen LogP contribution < -0.4 is 4.74 Å². The van der Waals surface area contributed by atoms with E-state index in [0.717, 1.165) is 0 Å². The highest BCUT2D eigenvalue weighted by atomic mass is 35.5. The minimum absolute atomic E-state index is 0.335. The van der Waals surface area contributed by atoms with Crippen molar-refractivity contribution in [2.24, 2.45) is 0 Å². The second kappa shape index (κ2) is 5.53. The van der Waals surface area contributed by atoms with Crippen LogP contribution in [-0.2, 0) is 0 Å². The molecule has 0 aliphatic heterocycles. The second-order valence-electron chi connectivity index (χ2n) is 3.92. The summed E-state index contributed by atoms with van der Waals surface area (Å²) in [6.45, 7) is 5.07. The Hall–Kier alpha value is -0.770. The molecule has 0 fully saturated rings. The molecule has 0 radical (unpaired) electrons. The third-order valence-electron chi connectivity index (χ3n) is 2.41. The summed E-state index contributed by atoms with van der Waals surface area (Å²) in [5.74, 6) is 0.549. The van der Waals surface area contributed by atoms with Gasteiger partial charge in [-0.2, -0.15) is 0 Å². The van der Waals surface area contributed by atoms with Crippen LogP contribution in [0, 0.1) is 0 Å². The van der Waals surface area contributed by atoms with E-state index >= 15 is 0 Å². The van der Waals surface area contributed by atoms with Crippen molar-refractivity contribution in [1.82, 2.24) is 0 Å². The Kier molecular flexibility index (Phi) is 4.59. The van der Waals surface area contributed by atoms with E-state index in [2.05, 4.69) is 0 Å². The first-order valence-electron chi connectivity index (χ1n) is 5.24. The Morgan fingerprint density at radius 2 is 1.81 bits per heavy atom. The molecule has 0 heterocycles. The van der Waals surface area contributed by atoms with Crippen molar-refractivity contribution in [2.75, 3.05) is 0 Å². The van der Waals surface area contributed by atoms with Crippen molar-refractivity contribution < 1.29 is 14.9 Å². The van der Waals surface area contributed by atoms with Gasteiger partial charge < -0.3 is 14.9 Å². The van der Waals surface area contributed by atoms with E-state index in [1.165, 1.54) is 0 Å². The van der Waals surface area contributed by atoms with Crippen LogP contribution in [-0.4, -0.2) is 22.4 Å². The van der Waals surface area contributed by atoms with E-state index in [4.69, 9.17) is 16.3 Å². The molecular weight excluding hydrogens is 228 g/mol. The number of halogens is 1. The van der Waals surface area contributed by atoms with Crippen LogP contribution in [0.2, 0.25) is 5.02 Å². The van der Waals surface area contributed by atoms with E-state index in [-0.39, 0.29) is 6.10 Å². The van der Waals surface area contributed by atoms with Gasteiger partial charge in [-0.05, 0) is 39.0 Å². The fourth-order valence-electron chi connectivity index (χ4n) is 1.25. The summed E-state index contributed by atoms with van der Waals surface area (Å²) in [4.78, 5) is 0. The summed E-state index contributed by atoms with van der Waals surface area (Å²) in [5, 5.41) is 19.5. The van der Waals surface area contributed by atoms with Gasteiger partial charge in [-0.1, -0.05) is 11.6 Å². The van der Waals surface area contributed by atoms with E-state index in [9.17, 15) is 10.2 Å². The Labute approximate surface area is 101 Å². The third kappa shape index (κ3) is 3.37. The van der Waals surface area contributed by atoms with E-state index in [1.54, 1.807) is 39.0 Å². The third-order valence-corrected chi connectivity index (χ3v) is 2.65. The SMILES string of the molecule is CC(O)C(C)Oc1ccc(Cl)cc1[C@@H](C)O. The lowest BCUT2D eigenvalue weighted by Crippen LogP contribution is -2.26. The van der Waals surface area contributed by atoms with Gasteiger partial charge in [0.15, 0.2) is 0 Å². The molecule has 0 aromatic heterocycles. The molecule has 0 amide bonds. The molecule has 90 valence electrons. The molecule has 1 aromatic rings. The molecule has 1 aromatic carbocycles. The first-order valence-corrected chi connectivity index (χ1v) is 5.62. The summed E-state index contributed by atoms with van der Waals surface area (Å²) < 4.78 is 5.55. The predicted molar refractivity (Wildman–Crippen MR) is 63.9 cm³/mol. The Morgan fingerprint density at radius 1 is 1.19 bits per heavy atom. The molecular formula is C12H17ClO3. The first-order chi connectivity index (χ1) is 7.41. The number of hydrogen-bond acceptors (Lipinski definition) is 3. The summed E-state index contributed by atoms with van der Waals surface area (Å²) in [5.41, 5.74) is 0.625. The predicted octanol–water partition coefficient (Wildman–Crippen LogP) is 2.54. The molecule has 2 unspecified atom stereocenters. The van der Waals surface area contributed by atoms with Crippen molar-refractivity contribution in [3.8, 4) is 5.75 Å². The molecule has 0 saturated heterocycles. The number of benzene rings is 1. The number of aliphatic hydroxyl groups excluding tert-OH is 2. The molecule has 0 aliphatic carbocycles. The van der Waals surface area contributed by atoms with Gasteiger partial charge in [-0.15, -0.1) is 0 Å². The zero-order chi connectivity index (χ0) is 12.3. The number of hydrogen-bond donors (Lipinski definition) is 2. The average Bonchev–Trinajstić information content (AvgIpc) is 2.20. The van der Waals surface area contributed by atoms with Gasteiger partial charge in [0.25, 0.3) is 0 Å². The monoisotopic (exact) mass is 244 g/mol. The van der Waals surface area contributed by atoms with Gasteiger partial charge in [-0.25, -0.2) is 0 Å². The quantitative estimate of drug-likeness (QED) is 0.856. The molecule has 0 aliphatic rings. The van der Waals surface area contributed by atoms with E-state index in [0.29, 0.717) is 16.3 Å². The summed E-state index contributed by atoms with van der Waals surface area (Å²) in [7, 11) is 0. The van der Waals surface area contributed by atoms with Gasteiger partial charge in [0.05, 0.1) is 12.2 Å². The van der Waals surface area contributed by atoms with Crippen molar-refractivity contribution in [3.05, 3.63) is 28.8 Å². The number of aliphatic hydroxyl groups is 2. The zero-order valence-electron chi connectivity index (χ0n) is 9.64. The van der Waals surface area contributed by atoms with Crippen LogP contribution in [0.25, 0.3) is 0 Å². The van der Waals surface area contributed by atoms with Crippen LogP contribution >= 0.6 is 11.6 Å². The summed E-state index contributed by atoms with van der Waals surface area (Å²) >= 11 is 5.84. The van der Waals surface area contributed by atoms with Crippen LogP contribution in [0.4, 0.5) is 0 Å². The van der Waals surface area contributed by atoms with Gasteiger partial charge in [0.1, 0.15) is 11.9 Å². The highest BCUT2D eigenvalue weighted by Crippen LogP contribution is 2.29. The normalized spacial score (nSPS) is 16.6. The lowest BCUT2D eigenvalue weighted by molar-refractivity contribution is 0.0578. The molecule has 3 nitrogen and oxygen atoms in total. The van der Waals surface area contributed by atoms with Crippen LogP contribution in [0.1, 0.15) is 32.4 Å². The number of rotatable bonds is 4. The van der Waals surface area contributed by atoms with E-state index in [1.807, 2.05) is 0 Å². The van der Waals surface area contributed by atoms with Gasteiger partial charge in [0.2, 0.25) is 0 Å². The molecule has 16 heavy (non-hydrogen) atoms. The molecule has 0 bridgehead atoms. The van der Waals surface area contributed by atoms with Crippen LogP contribution in [0.3, 0.4) is 0 Å². The first kappa shape index (κ1) is 13.3. The maximum atomic E-state index is 9.58. The largest absolute Gasteiger partial charge is 0.488 e. The van der Waals surface area contributed by atoms with Crippen molar-refractivity contribution in [3.63, 3.8) is 0 Å². The Balaban J connectivity index is 2.95. The smallest absolute Gasteiger partial charge is 0.125 e. The molecule has 0 saturated carbocycles. The number of ether oxygens (including phenoxy) is 1. The van der Waals surface area contributed by atoms with Crippen molar-refractivity contribution in [1.29, 1.82) is 0 Å². The van der Waals surface area contributed by atoms with Crippen LogP contribution in [0.15, 0.2) is 18.2 Å². The topological polar surface area (TPSA) is 49.7 Å². The zero-order valence-corrected chi connectivity index (χ0v) is 10.4. The van der Waals surface area contributed by atoms with Crippen molar-refractivity contribution in [2.45, 2.75) is 39.1 Å². The minimum atomic E-state index is -0.658. The van der Waals surface area contributed by atoms with Crippen LogP contribution in [0.5, 0.6) is 5.75 Å². The van der Waals surface area contributed by atoms with Gasteiger partial charge in [-0.3, -0.25) is 0 Å². The Morgan fingerprint density at radius 3 is 2.31 bits per heavy atom. The average molecular weight is 245 g/mol. The molecule has 0 spiro atoms. The maximum Gasteiger partial charge on any atom is 0.125 e.